The maximum Gasteiger partial charge on any atom is 0.452 e. The SMILES string of the molecule is CC(Nc1nc(C(F)(F)F)ns1)c1ccccc1F. The van der Waals surface area contributed by atoms with Crippen LogP contribution in [0.25, 0.3) is 0 Å². The van der Waals surface area contributed by atoms with Crippen LogP contribution in [0.5, 0.6) is 0 Å². The Morgan fingerprint density at radius 3 is 2.53 bits per heavy atom. The fraction of sp³-hybridized carbons (Fsp3) is 0.273. The first-order valence-electron chi connectivity index (χ1n) is 5.30. The van der Waals surface area contributed by atoms with Crippen LogP contribution < -0.4 is 5.32 Å². The summed E-state index contributed by atoms with van der Waals surface area (Å²) < 4.78 is 53.6. The van der Waals surface area contributed by atoms with E-state index < -0.39 is 23.9 Å². The van der Waals surface area contributed by atoms with Gasteiger partial charge in [0.05, 0.1) is 6.04 Å². The second kappa shape index (κ2) is 5.12. The lowest BCUT2D eigenvalue weighted by atomic mass is 10.1. The number of halogens is 4. The zero-order valence-electron chi connectivity index (χ0n) is 9.70. The molecule has 0 amide bonds. The minimum Gasteiger partial charge on any atom is -0.354 e. The predicted octanol–water partition coefficient (Wildman–Crippen LogP) is 3.87. The molecule has 1 heterocycles. The van der Waals surface area contributed by atoms with E-state index in [1.54, 1.807) is 19.1 Å². The Morgan fingerprint density at radius 2 is 1.95 bits per heavy atom. The van der Waals surface area contributed by atoms with Crippen molar-refractivity contribution in [3.05, 3.63) is 41.5 Å². The van der Waals surface area contributed by atoms with Crippen molar-refractivity contribution in [2.45, 2.75) is 19.1 Å². The summed E-state index contributed by atoms with van der Waals surface area (Å²) in [5.74, 6) is -1.62. The fourth-order valence-corrected chi connectivity index (χ4v) is 2.16. The molecule has 1 atom stereocenters. The fourth-order valence-electron chi connectivity index (χ4n) is 1.49. The van der Waals surface area contributed by atoms with Gasteiger partial charge in [-0.2, -0.15) is 22.5 Å². The molecule has 0 spiro atoms. The molecule has 1 aromatic heterocycles. The molecule has 102 valence electrons. The van der Waals surface area contributed by atoms with Crippen molar-refractivity contribution in [1.82, 2.24) is 9.36 Å². The van der Waals surface area contributed by atoms with Gasteiger partial charge in [-0.1, -0.05) is 18.2 Å². The molecule has 0 fully saturated rings. The topological polar surface area (TPSA) is 37.8 Å². The second-order valence-electron chi connectivity index (χ2n) is 3.81. The number of hydrogen-bond donors (Lipinski definition) is 1. The summed E-state index contributed by atoms with van der Waals surface area (Å²) in [7, 11) is 0. The van der Waals surface area contributed by atoms with Crippen molar-refractivity contribution < 1.29 is 17.6 Å². The molecule has 0 saturated heterocycles. The highest BCUT2D eigenvalue weighted by atomic mass is 32.1. The zero-order chi connectivity index (χ0) is 14.0. The Hall–Kier alpha value is -1.70. The van der Waals surface area contributed by atoms with Gasteiger partial charge in [-0.25, -0.2) is 4.39 Å². The first-order chi connectivity index (χ1) is 8.88. The van der Waals surface area contributed by atoms with E-state index in [0.29, 0.717) is 17.1 Å². The monoisotopic (exact) mass is 291 g/mol. The van der Waals surface area contributed by atoms with Crippen molar-refractivity contribution in [1.29, 1.82) is 0 Å². The lowest BCUT2D eigenvalue weighted by Crippen LogP contribution is -2.10. The summed E-state index contributed by atoms with van der Waals surface area (Å²) >= 11 is 0.591. The molecular weight excluding hydrogens is 282 g/mol. The number of anilines is 1. The largest absolute Gasteiger partial charge is 0.452 e. The summed E-state index contributed by atoms with van der Waals surface area (Å²) in [6.45, 7) is 1.63. The Bertz CT molecular complexity index is 567. The third-order valence-electron chi connectivity index (χ3n) is 2.39. The number of benzene rings is 1. The van der Waals surface area contributed by atoms with Crippen LogP contribution in [0.15, 0.2) is 24.3 Å². The molecule has 2 rings (SSSR count). The first kappa shape index (κ1) is 13.7. The Kier molecular flexibility index (Phi) is 3.70. The van der Waals surface area contributed by atoms with Crippen molar-refractivity contribution in [3.63, 3.8) is 0 Å². The van der Waals surface area contributed by atoms with Gasteiger partial charge in [0.25, 0.3) is 0 Å². The van der Waals surface area contributed by atoms with Crippen LogP contribution in [-0.4, -0.2) is 9.36 Å². The molecule has 2 aromatic rings. The highest BCUT2D eigenvalue weighted by Gasteiger charge is 2.36. The van der Waals surface area contributed by atoms with Crippen LogP contribution in [0.1, 0.15) is 24.4 Å². The third-order valence-corrected chi connectivity index (χ3v) is 3.04. The lowest BCUT2D eigenvalue weighted by Gasteiger charge is -2.13. The molecule has 19 heavy (non-hydrogen) atoms. The van der Waals surface area contributed by atoms with E-state index in [2.05, 4.69) is 14.7 Å². The molecule has 8 heteroatoms. The maximum absolute atomic E-state index is 13.5. The Morgan fingerprint density at radius 1 is 1.26 bits per heavy atom. The molecule has 1 aromatic carbocycles. The molecule has 0 bridgehead atoms. The molecular formula is C11H9F4N3S. The van der Waals surface area contributed by atoms with Gasteiger partial charge in [-0.3, -0.25) is 0 Å². The molecule has 0 aliphatic carbocycles. The van der Waals surface area contributed by atoms with Gasteiger partial charge in [-0.05, 0) is 13.0 Å². The van der Waals surface area contributed by atoms with Crippen LogP contribution >= 0.6 is 11.5 Å². The summed E-state index contributed by atoms with van der Waals surface area (Å²) in [6, 6.07) is 5.53. The van der Waals surface area contributed by atoms with Gasteiger partial charge in [-0.15, -0.1) is 0 Å². The molecule has 0 aliphatic rings. The van der Waals surface area contributed by atoms with Gasteiger partial charge < -0.3 is 5.32 Å². The molecule has 0 aliphatic heterocycles. The smallest absolute Gasteiger partial charge is 0.354 e. The molecule has 3 nitrogen and oxygen atoms in total. The summed E-state index contributed by atoms with van der Waals surface area (Å²) in [5.41, 5.74) is 0.353. The number of hydrogen-bond acceptors (Lipinski definition) is 4. The maximum atomic E-state index is 13.5. The van der Waals surface area contributed by atoms with E-state index in [0.717, 1.165) is 0 Å². The van der Waals surface area contributed by atoms with Crippen LogP contribution in [0.4, 0.5) is 22.7 Å². The minimum absolute atomic E-state index is 0.00285. The van der Waals surface area contributed by atoms with Crippen LogP contribution in [-0.2, 0) is 6.18 Å². The predicted molar refractivity (Wildman–Crippen MR) is 63.3 cm³/mol. The van der Waals surface area contributed by atoms with Crippen molar-refractivity contribution in [2.24, 2.45) is 0 Å². The number of alkyl halides is 3. The van der Waals surface area contributed by atoms with Crippen LogP contribution in [0.3, 0.4) is 0 Å². The second-order valence-corrected chi connectivity index (χ2v) is 4.56. The van der Waals surface area contributed by atoms with Gasteiger partial charge >= 0.3 is 6.18 Å². The van der Waals surface area contributed by atoms with E-state index in [9.17, 15) is 17.6 Å². The van der Waals surface area contributed by atoms with E-state index in [-0.39, 0.29) is 5.13 Å². The number of aromatic nitrogens is 2. The number of rotatable bonds is 3. The van der Waals surface area contributed by atoms with E-state index in [1.165, 1.54) is 12.1 Å². The average molecular weight is 291 g/mol. The van der Waals surface area contributed by atoms with Crippen molar-refractivity contribution in [2.75, 3.05) is 5.32 Å². The number of nitrogens with zero attached hydrogens (tertiary/aromatic N) is 2. The van der Waals surface area contributed by atoms with Crippen LogP contribution in [0, 0.1) is 5.82 Å². The van der Waals surface area contributed by atoms with Gasteiger partial charge in [0.15, 0.2) is 0 Å². The standard InChI is InChI=1S/C11H9F4N3S/c1-6(7-4-2-3-5-8(7)12)16-10-17-9(18-19-10)11(13,14)15/h2-6H,1H3,(H,16,17,18). The third kappa shape index (κ3) is 3.19. The van der Waals surface area contributed by atoms with Gasteiger partial charge in [0.1, 0.15) is 5.82 Å². The van der Waals surface area contributed by atoms with Crippen molar-refractivity contribution >= 4 is 16.7 Å². The van der Waals surface area contributed by atoms with Gasteiger partial charge in [0, 0.05) is 17.1 Å². The lowest BCUT2D eigenvalue weighted by molar-refractivity contribution is -0.144. The minimum atomic E-state index is -4.57. The number of nitrogens with one attached hydrogen (secondary N) is 1. The van der Waals surface area contributed by atoms with Gasteiger partial charge in [0.2, 0.25) is 11.0 Å². The van der Waals surface area contributed by atoms with E-state index in [1.807, 2.05) is 0 Å². The zero-order valence-corrected chi connectivity index (χ0v) is 10.5. The highest BCUT2D eigenvalue weighted by Crippen LogP contribution is 2.30. The van der Waals surface area contributed by atoms with E-state index >= 15 is 0 Å². The van der Waals surface area contributed by atoms with Crippen LogP contribution in [0.2, 0.25) is 0 Å². The summed E-state index contributed by atoms with van der Waals surface area (Å²) in [6.07, 6.45) is -4.57. The quantitative estimate of drug-likeness (QED) is 0.872. The molecule has 1 N–H and O–H groups in total. The Labute approximate surface area is 110 Å². The van der Waals surface area contributed by atoms with E-state index in [4.69, 9.17) is 0 Å². The molecule has 0 radical (unpaired) electrons. The highest BCUT2D eigenvalue weighted by molar-refractivity contribution is 7.09. The normalized spacial score (nSPS) is 13.3. The first-order valence-corrected chi connectivity index (χ1v) is 6.07. The molecule has 0 saturated carbocycles. The Balaban J connectivity index is 2.14. The molecule has 1 unspecified atom stereocenters. The summed E-state index contributed by atoms with van der Waals surface area (Å²) in [4.78, 5) is 3.33. The average Bonchev–Trinajstić information content (AvgIpc) is 2.77. The van der Waals surface area contributed by atoms with Crippen molar-refractivity contribution in [3.8, 4) is 0 Å². The summed E-state index contributed by atoms with van der Waals surface area (Å²) in [5, 5.41) is 2.70.